The molecule has 0 aromatic heterocycles. The third kappa shape index (κ3) is 4.28. The van der Waals surface area contributed by atoms with Crippen LogP contribution >= 0.6 is 23.2 Å². The highest BCUT2D eigenvalue weighted by atomic mass is 35.5. The van der Waals surface area contributed by atoms with Crippen molar-refractivity contribution < 1.29 is 9.53 Å². The largest absolute Gasteiger partial charge is 0.444 e. The number of carbonyl (C=O) groups is 1. The van der Waals surface area contributed by atoms with Gasteiger partial charge >= 0.3 is 6.09 Å². The van der Waals surface area contributed by atoms with Gasteiger partial charge in [-0.15, -0.1) is 0 Å². The van der Waals surface area contributed by atoms with Crippen molar-refractivity contribution in [3.8, 4) is 0 Å². The molecule has 4 nitrogen and oxygen atoms in total. The second kappa shape index (κ2) is 6.65. The lowest BCUT2D eigenvalue weighted by molar-refractivity contribution is 0.00799. The summed E-state index contributed by atoms with van der Waals surface area (Å²) >= 11 is 12.3. The van der Waals surface area contributed by atoms with Gasteiger partial charge in [-0.3, -0.25) is 0 Å². The topological polar surface area (TPSA) is 55.6 Å². The number of rotatable bonds is 1. The Bertz CT molecular complexity index is 558. The van der Waals surface area contributed by atoms with E-state index in [1.54, 1.807) is 17.0 Å². The maximum absolute atomic E-state index is 12.5. The molecule has 0 radical (unpaired) electrons. The quantitative estimate of drug-likeness (QED) is 0.821. The molecule has 6 heteroatoms. The molecule has 1 aliphatic heterocycles. The molecule has 0 spiro atoms. The van der Waals surface area contributed by atoms with Gasteiger partial charge < -0.3 is 15.4 Å². The highest BCUT2D eigenvalue weighted by Gasteiger charge is 2.35. The van der Waals surface area contributed by atoms with Crippen molar-refractivity contribution in [3.05, 3.63) is 33.8 Å². The summed E-state index contributed by atoms with van der Waals surface area (Å²) in [6, 6.07) is 5.16. The highest BCUT2D eigenvalue weighted by molar-refractivity contribution is 6.35. The summed E-state index contributed by atoms with van der Waals surface area (Å²) in [5.74, 6) is 0. The summed E-state index contributed by atoms with van der Waals surface area (Å²) in [6.45, 7) is 6.11. The molecule has 2 rings (SSSR count). The van der Waals surface area contributed by atoms with Crippen molar-refractivity contribution in [1.29, 1.82) is 0 Å². The van der Waals surface area contributed by atoms with Crippen LogP contribution in [0.5, 0.6) is 0 Å². The first kappa shape index (κ1) is 17.4. The van der Waals surface area contributed by atoms with Crippen molar-refractivity contribution in [2.45, 2.75) is 51.3 Å². The fourth-order valence-electron chi connectivity index (χ4n) is 2.60. The minimum atomic E-state index is -0.537. The minimum Gasteiger partial charge on any atom is -0.444 e. The third-order valence-electron chi connectivity index (χ3n) is 3.59. The van der Waals surface area contributed by atoms with Gasteiger partial charge in [-0.25, -0.2) is 4.79 Å². The van der Waals surface area contributed by atoms with Crippen LogP contribution in [0.4, 0.5) is 4.79 Å². The Morgan fingerprint density at radius 3 is 2.64 bits per heavy atom. The Kier molecular flexibility index (Phi) is 5.25. The van der Waals surface area contributed by atoms with Gasteiger partial charge in [0.25, 0.3) is 0 Å². The number of benzene rings is 1. The van der Waals surface area contributed by atoms with Gasteiger partial charge in [0.05, 0.1) is 6.04 Å². The van der Waals surface area contributed by atoms with E-state index in [0.717, 1.165) is 12.0 Å². The lowest BCUT2D eigenvalue weighted by Crippen LogP contribution is -2.46. The summed E-state index contributed by atoms with van der Waals surface area (Å²) in [7, 11) is 0. The zero-order valence-corrected chi connectivity index (χ0v) is 14.6. The molecule has 1 heterocycles. The molecule has 22 heavy (non-hydrogen) atoms. The van der Waals surface area contributed by atoms with E-state index in [-0.39, 0.29) is 18.2 Å². The Morgan fingerprint density at radius 1 is 1.36 bits per heavy atom. The first-order chi connectivity index (χ1) is 10.2. The second-order valence-electron chi connectivity index (χ2n) is 6.64. The van der Waals surface area contributed by atoms with E-state index in [9.17, 15) is 4.79 Å². The highest BCUT2D eigenvalue weighted by Crippen LogP contribution is 2.36. The molecule has 122 valence electrons. The smallest absolute Gasteiger partial charge is 0.410 e. The minimum absolute atomic E-state index is 0.0374. The third-order valence-corrected chi connectivity index (χ3v) is 4.15. The van der Waals surface area contributed by atoms with E-state index >= 15 is 0 Å². The monoisotopic (exact) mass is 344 g/mol. The molecule has 1 fully saturated rings. The Hall–Kier alpha value is -0.970. The molecule has 1 saturated heterocycles. The number of piperidine rings is 1. The van der Waals surface area contributed by atoms with E-state index in [0.29, 0.717) is 23.0 Å². The predicted molar refractivity (Wildman–Crippen MR) is 89.4 cm³/mol. The molecule has 1 aromatic rings. The summed E-state index contributed by atoms with van der Waals surface area (Å²) in [4.78, 5) is 14.2. The summed E-state index contributed by atoms with van der Waals surface area (Å²) in [5, 5.41) is 1.11. The first-order valence-electron chi connectivity index (χ1n) is 7.37. The van der Waals surface area contributed by atoms with Crippen LogP contribution < -0.4 is 5.73 Å². The van der Waals surface area contributed by atoms with Crippen molar-refractivity contribution in [3.63, 3.8) is 0 Å². The lowest BCUT2D eigenvalue weighted by Gasteiger charge is -2.39. The van der Waals surface area contributed by atoms with Crippen LogP contribution in [-0.4, -0.2) is 29.2 Å². The molecular weight excluding hydrogens is 323 g/mol. The maximum Gasteiger partial charge on any atom is 0.410 e. The Morgan fingerprint density at radius 2 is 2.05 bits per heavy atom. The van der Waals surface area contributed by atoms with Gasteiger partial charge in [0, 0.05) is 22.6 Å². The van der Waals surface area contributed by atoms with Crippen LogP contribution in [0.2, 0.25) is 10.0 Å². The van der Waals surface area contributed by atoms with Gasteiger partial charge in [0.15, 0.2) is 0 Å². The number of likely N-dealkylation sites (tertiary alicyclic amines) is 1. The average Bonchev–Trinajstić information content (AvgIpc) is 2.36. The normalized spacial score (nSPS) is 22.5. The number of carbonyl (C=O) groups excluding carboxylic acids is 1. The van der Waals surface area contributed by atoms with E-state index in [1.807, 2.05) is 26.8 Å². The molecular formula is C16H22Cl2N2O2. The number of hydrogen-bond donors (Lipinski definition) is 1. The van der Waals surface area contributed by atoms with Crippen LogP contribution in [0.1, 0.15) is 45.2 Å². The molecule has 1 aromatic carbocycles. The summed E-state index contributed by atoms with van der Waals surface area (Å²) in [5.41, 5.74) is 6.40. The number of hydrogen-bond acceptors (Lipinski definition) is 3. The first-order valence-corrected chi connectivity index (χ1v) is 8.13. The molecule has 0 saturated carbocycles. The molecule has 0 aliphatic carbocycles. The SMILES string of the molecule is CC(C)(C)OC(=O)N1CCC(N)CC1c1ccc(Cl)cc1Cl. The van der Waals surface area contributed by atoms with Crippen LogP contribution in [0.3, 0.4) is 0 Å². The van der Waals surface area contributed by atoms with Crippen molar-refractivity contribution in [2.75, 3.05) is 6.54 Å². The van der Waals surface area contributed by atoms with Gasteiger partial charge in [-0.2, -0.15) is 0 Å². The Balaban J connectivity index is 2.29. The molecule has 2 atom stereocenters. The van der Waals surface area contributed by atoms with Crippen LogP contribution in [0, 0.1) is 0 Å². The predicted octanol–water partition coefficient (Wildman–Crippen LogP) is 4.39. The molecule has 1 amide bonds. The van der Waals surface area contributed by atoms with Crippen molar-refractivity contribution in [1.82, 2.24) is 4.90 Å². The van der Waals surface area contributed by atoms with E-state index < -0.39 is 5.60 Å². The van der Waals surface area contributed by atoms with Gasteiger partial charge in [0.1, 0.15) is 5.60 Å². The van der Waals surface area contributed by atoms with Crippen LogP contribution in [-0.2, 0) is 4.74 Å². The van der Waals surface area contributed by atoms with E-state index in [2.05, 4.69) is 0 Å². The van der Waals surface area contributed by atoms with Gasteiger partial charge in [-0.05, 0) is 51.3 Å². The van der Waals surface area contributed by atoms with E-state index in [4.69, 9.17) is 33.7 Å². The number of amides is 1. The number of nitrogens with two attached hydrogens (primary N) is 1. The van der Waals surface area contributed by atoms with E-state index in [1.165, 1.54) is 0 Å². The fourth-order valence-corrected chi connectivity index (χ4v) is 3.13. The molecule has 2 N–H and O–H groups in total. The van der Waals surface area contributed by atoms with Crippen molar-refractivity contribution >= 4 is 29.3 Å². The molecule has 2 unspecified atom stereocenters. The van der Waals surface area contributed by atoms with Crippen molar-refractivity contribution in [2.24, 2.45) is 5.73 Å². The number of ether oxygens (including phenoxy) is 1. The molecule has 1 aliphatic rings. The standard InChI is InChI=1S/C16H22Cl2N2O2/c1-16(2,3)22-15(21)20-7-6-11(19)9-14(20)12-5-4-10(17)8-13(12)18/h4-5,8,11,14H,6-7,9,19H2,1-3H3. The second-order valence-corrected chi connectivity index (χ2v) is 7.48. The summed E-state index contributed by atoms with van der Waals surface area (Å²) < 4.78 is 5.50. The van der Waals surface area contributed by atoms with Gasteiger partial charge in [-0.1, -0.05) is 29.3 Å². The zero-order chi connectivity index (χ0) is 16.5. The Labute approximate surface area is 141 Å². The van der Waals surface area contributed by atoms with Gasteiger partial charge in [0.2, 0.25) is 0 Å². The lowest BCUT2D eigenvalue weighted by atomic mass is 9.92. The zero-order valence-electron chi connectivity index (χ0n) is 13.1. The number of nitrogens with zero attached hydrogens (tertiary/aromatic N) is 1. The summed E-state index contributed by atoms with van der Waals surface area (Å²) in [6.07, 6.45) is 1.07. The fraction of sp³-hybridized carbons (Fsp3) is 0.562. The maximum atomic E-state index is 12.5. The molecule has 0 bridgehead atoms. The van der Waals surface area contributed by atoms with Crippen LogP contribution in [0.25, 0.3) is 0 Å². The van der Waals surface area contributed by atoms with Crippen LogP contribution in [0.15, 0.2) is 18.2 Å². The number of halogens is 2. The average molecular weight is 345 g/mol.